The molecule has 76 valence electrons. The van der Waals surface area contributed by atoms with Gasteiger partial charge in [-0.2, -0.15) is 0 Å². The maximum atomic E-state index is 5.43. The molecule has 1 heterocycles. The van der Waals surface area contributed by atoms with E-state index in [4.69, 9.17) is 5.84 Å². The summed E-state index contributed by atoms with van der Waals surface area (Å²) in [4.78, 5) is 5.66. The Hall–Kier alpha value is -0.870. The van der Waals surface area contributed by atoms with Crippen LogP contribution in [0.5, 0.6) is 0 Å². The van der Waals surface area contributed by atoms with E-state index >= 15 is 0 Å². The molecule has 1 aromatic heterocycles. The number of thiophene rings is 1. The van der Waals surface area contributed by atoms with Crippen molar-refractivity contribution in [3.63, 3.8) is 0 Å². The van der Waals surface area contributed by atoms with Gasteiger partial charge in [0.1, 0.15) is 5.84 Å². The van der Waals surface area contributed by atoms with Crippen LogP contribution in [0.4, 0.5) is 0 Å². The average Bonchev–Trinajstić information content (AvgIpc) is 2.65. The summed E-state index contributed by atoms with van der Waals surface area (Å²) in [5.41, 5.74) is 5.32. The van der Waals surface area contributed by atoms with Crippen LogP contribution < -0.4 is 11.3 Å². The van der Waals surface area contributed by atoms with E-state index in [9.17, 15) is 0 Å². The Morgan fingerprint density at radius 3 is 3.00 bits per heavy atom. The van der Waals surface area contributed by atoms with Crippen LogP contribution in [-0.2, 0) is 12.8 Å². The Morgan fingerprint density at radius 1 is 1.50 bits per heavy atom. The molecule has 0 saturated heterocycles. The molecule has 1 aliphatic carbocycles. The van der Waals surface area contributed by atoms with E-state index in [0.717, 1.165) is 5.84 Å². The van der Waals surface area contributed by atoms with Crippen LogP contribution in [-0.4, -0.2) is 12.9 Å². The molecular weight excluding hydrogens is 194 g/mol. The van der Waals surface area contributed by atoms with Gasteiger partial charge < -0.3 is 5.43 Å². The van der Waals surface area contributed by atoms with Gasteiger partial charge in [-0.1, -0.05) is 0 Å². The molecule has 3 N–H and O–H groups in total. The van der Waals surface area contributed by atoms with Crippen molar-refractivity contribution in [1.29, 1.82) is 0 Å². The van der Waals surface area contributed by atoms with E-state index < -0.39 is 0 Å². The number of fused-ring (bicyclic) bond motifs is 1. The fraction of sp³-hybridized carbons (Fsp3) is 0.500. The molecule has 0 bridgehead atoms. The van der Waals surface area contributed by atoms with Crippen LogP contribution >= 0.6 is 11.3 Å². The zero-order valence-corrected chi connectivity index (χ0v) is 9.16. The highest BCUT2D eigenvalue weighted by molar-refractivity contribution is 7.10. The monoisotopic (exact) mass is 209 g/mol. The number of hydrazine groups is 1. The molecular formula is C10H15N3S. The molecule has 1 aliphatic rings. The van der Waals surface area contributed by atoms with Crippen LogP contribution in [0.2, 0.25) is 0 Å². The minimum Gasteiger partial charge on any atom is -0.308 e. The van der Waals surface area contributed by atoms with Crippen molar-refractivity contribution in [3.05, 3.63) is 21.4 Å². The van der Waals surface area contributed by atoms with E-state index in [-0.39, 0.29) is 0 Å². The van der Waals surface area contributed by atoms with E-state index in [1.807, 2.05) is 11.3 Å². The van der Waals surface area contributed by atoms with Crippen molar-refractivity contribution in [1.82, 2.24) is 5.43 Å². The van der Waals surface area contributed by atoms with Crippen LogP contribution in [0.3, 0.4) is 0 Å². The van der Waals surface area contributed by atoms with E-state index in [1.165, 1.54) is 41.7 Å². The molecule has 0 fully saturated rings. The summed E-state index contributed by atoms with van der Waals surface area (Å²) in [5.74, 6) is 6.24. The predicted molar refractivity (Wildman–Crippen MR) is 60.7 cm³/mol. The van der Waals surface area contributed by atoms with Crippen LogP contribution in [0, 0.1) is 0 Å². The van der Waals surface area contributed by atoms with Gasteiger partial charge in [-0.25, -0.2) is 5.84 Å². The first-order valence-corrected chi connectivity index (χ1v) is 5.77. The molecule has 1 aromatic rings. The van der Waals surface area contributed by atoms with Gasteiger partial charge in [0.15, 0.2) is 0 Å². The molecule has 0 spiro atoms. The van der Waals surface area contributed by atoms with Crippen LogP contribution in [0.15, 0.2) is 10.4 Å². The van der Waals surface area contributed by atoms with Gasteiger partial charge in [0.2, 0.25) is 0 Å². The van der Waals surface area contributed by atoms with Crippen molar-refractivity contribution in [3.8, 4) is 0 Å². The molecule has 2 rings (SSSR count). The summed E-state index contributed by atoms with van der Waals surface area (Å²) in [6, 6.07) is 0. The van der Waals surface area contributed by atoms with Crippen LogP contribution in [0.25, 0.3) is 0 Å². The lowest BCUT2D eigenvalue weighted by molar-refractivity contribution is 0.696. The van der Waals surface area contributed by atoms with Gasteiger partial charge in [-0.05, 0) is 31.2 Å². The molecule has 0 saturated carbocycles. The van der Waals surface area contributed by atoms with Gasteiger partial charge in [-0.3, -0.25) is 4.99 Å². The van der Waals surface area contributed by atoms with Crippen molar-refractivity contribution in [2.75, 3.05) is 7.05 Å². The van der Waals surface area contributed by atoms with Crippen molar-refractivity contribution in [2.45, 2.75) is 25.7 Å². The summed E-state index contributed by atoms with van der Waals surface area (Å²) in [6.45, 7) is 0. The zero-order valence-electron chi connectivity index (χ0n) is 8.34. The predicted octanol–water partition coefficient (Wildman–Crippen LogP) is 1.47. The number of nitrogens with one attached hydrogen (secondary N) is 1. The summed E-state index contributed by atoms with van der Waals surface area (Å²) in [5, 5.41) is 2.16. The number of amidine groups is 1. The van der Waals surface area contributed by atoms with Gasteiger partial charge in [0.25, 0.3) is 0 Å². The summed E-state index contributed by atoms with van der Waals surface area (Å²) in [6.07, 6.45) is 5.01. The first kappa shape index (κ1) is 9.68. The van der Waals surface area contributed by atoms with E-state index in [2.05, 4.69) is 15.8 Å². The minimum atomic E-state index is 0.810. The number of aliphatic imine (C=N–C) groups is 1. The van der Waals surface area contributed by atoms with Gasteiger partial charge in [0.05, 0.1) is 0 Å². The normalized spacial score (nSPS) is 16.6. The smallest absolute Gasteiger partial charge is 0.143 e. The van der Waals surface area contributed by atoms with E-state index in [0.29, 0.717) is 0 Å². The highest BCUT2D eigenvalue weighted by atomic mass is 32.1. The Morgan fingerprint density at radius 2 is 2.29 bits per heavy atom. The number of nitrogens with zero attached hydrogens (tertiary/aromatic N) is 1. The van der Waals surface area contributed by atoms with Gasteiger partial charge in [0, 0.05) is 22.9 Å². The topological polar surface area (TPSA) is 50.4 Å². The Bertz CT molecular complexity index is 354. The molecule has 0 amide bonds. The quantitative estimate of drug-likeness (QED) is 0.318. The highest BCUT2D eigenvalue weighted by Gasteiger charge is 2.17. The maximum absolute atomic E-state index is 5.43. The zero-order chi connectivity index (χ0) is 9.97. The molecule has 0 aromatic carbocycles. The largest absolute Gasteiger partial charge is 0.308 e. The fourth-order valence-corrected chi connectivity index (χ4v) is 3.09. The van der Waals surface area contributed by atoms with Crippen molar-refractivity contribution >= 4 is 17.2 Å². The Balaban J connectivity index is 2.39. The second-order valence-corrected chi connectivity index (χ2v) is 4.44. The molecule has 4 heteroatoms. The summed E-state index contributed by atoms with van der Waals surface area (Å²) < 4.78 is 0. The average molecular weight is 209 g/mol. The Labute approximate surface area is 88.0 Å². The summed E-state index contributed by atoms with van der Waals surface area (Å²) in [7, 11) is 1.77. The van der Waals surface area contributed by atoms with E-state index in [1.54, 1.807) is 7.05 Å². The molecule has 14 heavy (non-hydrogen) atoms. The number of hydrogen-bond donors (Lipinski definition) is 2. The number of hydrogen-bond acceptors (Lipinski definition) is 3. The number of aryl methyl sites for hydroxylation is 1. The number of rotatable bonds is 1. The van der Waals surface area contributed by atoms with Crippen molar-refractivity contribution < 1.29 is 0 Å². The molecule has 3 nitrogen and oxygen atoms in total. The SMILES string of the molecule is CN=C(NN)c1csc2c1CCCC2. The van der Waals surface area contributed by atoms with Gasteiger partial charge in [-0.15, -0.1) is 11.3 Å². The lowest BCUT2D eigenvalue weighted by Gasteiger charge is -2.13. The lowest BCUT2D eigenvalue weighted by Crippen LogP contribution is -2.31. The third-order valence-corrected chi connectivity index (χ3v) is 3.77. The minimum absolute atomic E-state index is 0.810. The maximum Gasteiger partial charge on any atom is 0.143 e. The third-order valence-electron chi connectivity index (χ3n) is 2.68. The standard InChI is InChI=1S/C10H15N3S/c1-12-10(13-11)8-6-14-9-5-3-2-4-7(8)9/h6H,2-5,11H2,1H3,(H,12,13). The second kappa shape index (κ2) is 4.11. The highest BCUT2D eigenvalue weighted by Crippen LogP contribution is 2.30. The lowest BCUT2D eigenvalue weighted by atomic mass is 9.95. The molecule has 0 atom stereocenters. The molecule has 0 aliphatic heterocycles. The first-order valence-electron chi connectivity index (χ1n) is 4.90. The second-order valence-electron chi connectivity index (χ2n) is 3.47. The van der Waals surface area contributed by atoms with Crippen molar-refractivity contribution in [2.24, 2.45) is 10.8 Å². The molecule has 0 unspecified atom stereocenters. The van der Waals surface area contributed by atoms with Crippen LogP contribution in [0.1, 0.15) is 28.8 Å². The number of nitrogens with two attached hydrogens (primary N) is 1. The Kier molecular flexibility index (Phi) is 2.84. The molecule has 0 radical (unpaired) electrons. The fourth-order valence-electron chi connectivity index (χ4n) is 1.96. The van der Waals surface area contributed by atoms with Gasteiger partial charge >= 0.3 is 0 Å². The third kappa shape index (κ3) is 1.55. The first-order chi connectivity index (χ1) is 6.86. The summed E-state index contributed by atoms with van der Waals surface area (Å²) >= 11 is 1.83.